The predicted octanol–water partition coefficient (Wildman–Crippen LogP) is 2.16. The number of nitrogens with zero attached hydrogens (tertiary/aromatic N) is 2. The highest BCUT2D eigenvalue weighted by atomic mass is 127. The van der Waals surface area contributed by atoms with Crippen molar-refractivity contribution < 1.29 is 13.2 Å². The monoisotopic (exact) mass is 440 g/mol. The molecule has 21 heavy (non-hydrogen) atoms. The van der Waals surface area contributed by atoms with Gasteiger partial charge in [-0.2, -0.15) is 24.9 Å². The molecule has 1 aliphatic heterocycles. The maximum absolute atomic E-state index is 12.3. The summed E-state index contributed by atoms with van der Waals surface area (Å²) in [5, 5.41) is 6.36. The maximum atomic E-state index is 12.3. The van der Waals surface area contributed by atoms with Gasteiger partial charge >= 0.3 is 6.18 Å². The molecule has 0 spiro atoms. The van der Waals surface area contributed by atoms with E-state index in [1.807, 2.05) is 0 Å². The van der Waals surface area contributed by atoms with Crippen molar-refractivity contribution in [2.45, 2.75) is 25.1 Å². The van der Waals surface area contributed by atoms with Crippen LogP contribution in [0.5, 0.6) is 0 Å². The third-order valence-electron chi connectivity index (χ3n) is 3.06. The van der Waals surface area contributed by atoms with Gasteiger partial charge in [0.25, 0.3) is 0 Å². The van der Waals surface area contributed by atoms with Crippen LogP contribution in [0.2, 0.25) is 0 Å². The van der Waals surface area contributed by atoms with E-state index >= 15 is 0 Å². The van der Waals surface area contributed by atoms with Crippen LogP contribution >= 0.6 is 35.7 Å². The molecule has 0 saturated carbocycles. The summed E-state index contributed by atoms with van der Waals surface area (Å²) in [6, 6.07) is 0.0316. The van der Waals surface area contributed by atoms with E-state index in [2.05, 4.69) is 21.9 Å². The lowest BCUT2D eigenvalue weighted by molar-refractivity contribution is -0.143. The average molecular weight is 440 g/mol. The van der Waals surface area contributed by atoms with E-state index in [4.69, 9.17) is 0 Å². The number of aliphatic imine (C=N–C) groups is 1. The molecule has 126 valence electrons. The Morgan fingerprint density at radius 1 is 1.43 bits per heavy atom. The average Bonchev–Trinajstić information content (AvgIpc) is 2.78. The van der Waals surface area contributed by atoms with Crippen molar-refractivity contribution in [3.8, 4) is 0 Å². The molecule has 0 aromatic carbocycles. The van der Waals surface area contributed by atoms with E-state index in [-0.39, 0.29) is 30.0 Å². The number of halogens is 4. The Balaban J connectivity index is 0.00000400. The van der Waals surface area contributed by atoms with Gasteiger partial charge in [0, 0.05) is 32.7 Å². The molecule has 1 heterocycles. The Morgan fingerprint density at radius 2 is 2.14 bits per heavy atom. The first kappa shape index (κ1) is 21.1. The highest BCUT2D eigenvalue weighted by Crippen LogP contribution is 2.19. The van der Waals surface area contributed by atoms with Gasteiger partial charge in [0.15, 0.2) is 5.96 Å². The second-order valence-electron chi connectivity index (χ2n) is 4.83. The summed E-state index contributed by atoms with van der Waals surface area (Å²) in [4.78, 5) is 5.52. The minimum Gasteiger partial charge on any atom is -0.356 e. The number of alkyl halides is 3. The fourth-order valence-electron chi connectivity index (χ4n) is 2.16. The van der Waals surface area contributed by atoms with Gasteiger partial charge in [-0.3, -0.25) is 9.89 Å². The SMILES string of the molecule is CN=C(NCCCSC)NC1CCN(CC(F)(F)F)C1.I. The normalized spacial score (nSPS) is 20.2. The van der Waals surface area contributed by atoms with Crippen LogP contribution in [0.15, 0.2) is 4.99 Å². The highest BCUT2D eigenvalue weighted by molar-refractivity contribution is 14.0. The predicted molar refractivity (Wildman–Crippen MR) is 93.8 cm³/mol. The molecule has 2 N–H and O–H groups in total. The molecule has 1 saturated heterocycles. The molecule has 0 aromatic heterocycles. The number of likely N-dealkylation sites (tertiary alicyclic amines) is 1. The van der Waals surface area contributed by atoms with Gasteiger partial charge in [0.05, 0.1) is 6.54 Å². The van der Waals surface area contributed by atoms with E-state index < -0.39 is 12.7 Å². The largest absolute Gasteiger partial charge is 0.401 e. The Kier molecular flexibility index (Phi) is 10.8. The highest BCUT2D eigenvalue weighted by Gasteiger charge is 2.34. The molecule has 1 rings (SSSR count). The van der Waals surface area contributed by atoms with Gasteiger partial charge in [-0.05, 0) is 24.9 Å². The molecule has 0 bridgehead atoms. The van der Waals surface area contributed by atoms with Gasteiger partial charge in [-0.25, -0.2) is 0 Å². The summed E-state index contributed by atoms with van der Waals surface area (Å²) in [5.74, 6) is 1.75. The second-order valence-corrected chi connectivity index (χ2v) is 5.81. The fourth-order valence-corrected chi connectivity index (χ4v) is 2.59. The molecule has 4 nitrogen and oxygen atoms in total. The molecule has 9 heteroatoms. The molecule has 1 fully saturated rings. The number of rotatable bonds is 6. The van der Waals surface area contributed by atoms with Crippen molar-refractivity contribution >= 4 is 41.7 Å². The number of hydrogen-bond donors (Lipinski definition) is 2. The summed E-state index contributed by atoms with van der Waals surface area (Å²) in [7, 11) is 1.67. The van der Waals surface area contributed by atoms with Crippen LogP contribution in [0.3, 0.4) is 0 Å². The van der Waals surface area contributed by atoms with Crippen molar-refractivity contribution in [3.05, 3.63) is 0 Å². The summed E-state index contributed by atoms with van der Waals surface area (Å²) in [6.45, 7) is 0.871. The van der Waals surface area contributed by atoms with Gasteiger partial charge < -0.3 is 10.6 Å². The summed E-state index contributed by atoms with van der Waals surface area (Å²) in [5.41, 5.74) is 0. The van der Waals surface area contributed by atoms with Gasteiger partial charge in [0.1, 0.15) is 0 Å². The summed E-state index contributed by atoms with van der Waals surface area (Å²) >= 11 is 1.79. The third-order valence-corrected chi connectivity index (χ3v) is 3.75. The smallest absolute Gasteiger partial charge is 0.356 e. The van der Waals surface area contributed by atoms with Crippen molar-refractivity contribution in [1.82, 2.24) is 15.5 Å². The Labute approximate surface area is 145 Å². The lowest BCUT2D eigenvalue weighted by Crippen LogP contribution is -2.45. The van der Waals surface area contributed by atoms with E-state index in [1.54, 1.807) is 18.8 Å². The standard InChI is InChI=1S/C12H23F3N4S.HI/c1-16-11(17-5-3-7-20-2)18-10-4-6-19(8-10)9-12(13,14)15;/h10H,3-9H2,1-2H3,(H2,16,17,18);1H. The first-order valence-corrected chi connectivity index (χ1v) is 8.09. The van der Waals surface area contributed by atoms with Gasteiger partial charge in [-0.15, -0.1) is 24.0 Å². The van der Waals surface area contributed by atoms with Crippen molar-refractivity contribution in [3.63, 3.8) is 0 Å². The minimum absolute atomic E-state index is 0. The zero-order valence-electron chi connectivity index (χ0n) is 12.4. The molecular formula is C12H24F3IN4S. The Bertz CT molecular complexity index is 315. The molecule has 1 aliphatic rings. The van der Waals surface area contributed by atoms with Gasteiger partial charge in [-0.1, -0.05) is 0 Å². The first-order chi connectivity index (χ1) is 9.44. The van der Waals surface area contributed by atoms with Crippen LogP contribution in [0, 0.1) is 0 Å². The van der Waals surface area contributed by atoms with Crippen LogP contribution in [-0.4, -0.2) is 68.3 Å². The zero-order valence-corrected chi connectivity index (χ0v) is 15.5. The van der Waals surface area contributed by atoms with E-state index in [0.717, 1.165) is 18.7 Å². The first-order valence-electron chi connectivity index (χ1n) is 6.70. The molecule has 0 amide bonds. The number of guanidine groups is 1. The number of thioether (sulfide) groups is 1. The van der Waals surface area contributed by atoms with Crippen molar-refractivity contribution in [1.29, 1.82) is 0 Å². The lowest BCUT2D eigenvalue weighted by atomic mass is 10.3. The fraction of sp³-hybridized carbons (Fsp3) is 0.917. The third kappa shape index (κ3) is 9.67. The zero-order chi connectivity index (χ0) is 15.0. The number of nitrogens with one attached hydrogen (secondary N) is 2. The van der Waals surface area contributed by atoms with Crippen LogP contribution < -0.4 is 10.6 Å². The molecule has 0 radical (unpaired) electrons. The molecular weight excluding hydrogens is 416 g/mol. The van der Waals surface area contributed by atoms with E-state index in [9.17, 15) is 13.2 Å². The quantitative estimate of drug-likeness (QED) is 0.288. The van der Waals surface area contributed by atoms with Crippen LogP contribution in [0.4, 0.5) is 13.2 Å². The van der Waals surface area contributed by atoms with Gasteiger partial charge in [0.2, 0.25) is 0 Å². The van der Waals surface area contributed by atoms with Crippen LogP contribution in [0.25, 0.3) is 0 Å². The molecule has 1 unspecified atom stereocenters. The maximum Gasteiger partial charge on any atom is 0.401 e. The second kappa shape index (κ2) is 10.8. The molecule has 0 aliphatic carbocycles. The summed E-state index contributed by atoms with van der Waals surface area (Å²) < 4.78 is 36.9. The van der Waals surface area contributed by atoms with Crippen molar-refractivity contribution in [2.24, 2.45) is 4.99 Å². The Hall–Kier alpha value is 0.1000. The number of hydrogen-bond acceptors (Lipinski definition) is 3. The molecule has 1 atom stereocenters. The minimum atomic E-state index is -4.12. The Morgan fingerprint density at radius 3 is 2.71 bits per heavy atom. The van der Waals surface area contributed by atoms with E-state index in [1.165, 1.54) is 4.90 Å². The van der Waals surface area contributed by atoms with Crippen LogP contribution in [0.1, 0.15) is 12.8 Å². The van der Waals surface area contributed by atoms with Crippen LogP contribution in [-0.2, 0) is 0 Å². The van der Waals surface area contributed by atoms with E-state index in [0.29, 0.717) is 25.5 Å². The topological polar surface area (TPSA) is 39.7 Å². The summed E-state index contributed by atoms with van der Waals surface area (Å²) in [6.07, 6.45) is -0.318. The lowest BCUT2D eigenvalue weighted by Gasteiger charge is -2.19. The van der Waals surface area contributed by atoms with Crippen molar-refractivity contribution in [2.75, 3.05) is 45.2 Å². The molecule has 0 aromatic rings.